The largest absolute Gasteiger partial charge is 0.349 e. The lowest BCUT2D eigenvalue weighted by Gasteiger charge is -2.13. The molecule has 0 spiro atoms. The van der Waals surface area contributed by atoms with Gasteiger partial charge in [-0.05, 0) is 71.8 Å². The Morgan fingerprint density at radius 3 is 2.05 bits per heavy atom. The van der Waals surface area contributed by atoms with Crippen LogP contribution in [0.3, 0.4) is 0 Å². The van der Waals surface area contributed by atoms with E-state index in [2.05, 4.69) is 5.32 Å². The van der Waals surface area contributed by atoms with Crippen LogP contribution in [-0.4, -0.2) is 19.2 Å². The summed E-state index contributed by atoms with van der Waals surface area (Å²) in [5.74, 6) is -1.28. The van der Waals surface area contributed by atoms with Gasteiger partial charge in [0.15, 0.2) is 0 Å². The van der Waals surface area contributed by atoms with E-state index in [1.54, 1.807) is 36.4 Å². The molecule has 210 valence electrons. The molecule has 0 heterocycles. The number of hydrogen-bond acceptors (Lipinski definition) is 7. The zero-order valence-electron chi connectivity index (χ0n) is 21.7. The fourth-order valence-corrected chi connectivity index (χ4v) is 5.97. The van der Waals surface area contributed by atoms with Crippen LogP contribution in [0.5, 0.6) is 0 Å². The second kappa shape index (κ2) is 12.2. The quantitative estimate of drug-likeness (QED) is 0.134. The van der Waals surface area contributed by atoms with Crippen molar-refractivity contribution in [1.82, 2.24) is 4.72 Å². The van der Waals surface area contributed by atoms with Crippen molar-refractivity contribution < 1.29 is 22.5 Å². The molecule has 11 heteroatoms. The fraction of sp³-hybridized carbons (Fsp3) is 0. The molecule has 8 nitrogen and oxygen atoms in total. The number of nitro benzene ring substituents is 1. The Hall–Kier alpha value is -5.00. The number of hydrogen-bond donors (Lipinski definition) is 2. The SMILES string of the molecule is O=C(NS(=O)(=O)c1ccc(Nc2ccccc2Sc2ccccc2)c([N+](=O)[O-])c1)c1ccc(-c2ccc(F)cc2)cc1. The molecule has 0 aromatic heterocycles. The lowest BCUT2D eigenvalue weighted by molar-refractivity contribution is -0.384. The third kappa shape index (κ3) is 6.65. The zero-order valence-corrected chi connectivity index (χ0v) is 23.4. The first kappa shape index (κ1) is 28.5. The van der Waals surface area contributed by atoms with Crippen LogP contribution in [0, 0.1) is 15.9 Å². The summed E-state index contributed by atoms with van der Waals surface area (Å²) in [7, 11) is -4.45. The van der Waals surface area contributed by atoms with Crippen molar-refractivity contribution in [1.29, 1.82) is 0 Å². The number of sulfonamides is 1. The average Bonchev–Trinajstić information content (AvgIpc) is 2.99. The van der Waals surface area contributed by atoms with Crippen LogP contribution in [0.4, 0.5) is 21.5 Å². The molecule has 1 amide bonds. The predicted molar refractivity (Wildman–Crippen MR) is 160 cm³/mol. The minimum absolute atomic E-state index is 0.0600. The van der Waals surface area contributed by atoms with E-state index in [9.17, 15) is 27.7 Å². The lowest BCUT2D eigenvalue weighted by atomic mass is 10.0. The first-order valence-electron chi connectivity index (χ1n) is 12.5. The smallest absolute Gasteiger partial charge is 0.294 e. The predicted octanol–water partition coefficient (Wildman–Crippen LogP) is 7.41. The van der Waals surface area contributed by atoms with Gasteiger partial charge < -0.3 is 5.32 Å². The number of halogens is 1. The molecular weight excluding hydrogens is 577 g/mol. The molecule has 0 atom stereocenters. The van der Waals surface area contributed by atoms with E-state index in [0.717, 1.165) is 21.4 Å². The van der Waals surface area contributed by atoms with Gasteiger partial charge in [-0.3, -0.25) is 14.9 Å². The second-order valence-corrected chi connectivity index (χ2v) is 11.8. The fourth-order valence-electron chi connectivity index (χ4n) is 4.05. The normalized spacial score (nSPS) is 11.1. The Labute approximate surface area is 245 Å². The maximum Gasteiger partial charge on any atom is 0.294 e. The van der Waals surface area contributed by atoms with Gasteiger partial charge in [-0.1, -0.05) is 66.4 Å². The van der Waals surface area contributed by atoms with E-state index in [-0.39, 0.29) is 17.1 Å². The molecule has 5 aromatic carbocycles. The lowest BCUT2D eigenvalue weighted by Crippen LogP contribution is -2.30. The Morgan fingerprint density at radius 2 is 1.38 bits per heavy atom. The highest BCUT2D eigenvalue weighted by Crippen LogP contribution is 2.37. The van der Waals surface area contributed by atoms with Crippen LogP contribution in [-0.2, 0) is 10.0 Å². The molecule has 0 saturated carbocycles. The average molecular weight is 600 g/mol. The first-order valence-corrected chi connectivity index (χ1v) is 14.8. The molecule has 42 heavy (non-hydrogen) atoms. The molecular formula is C31H22FN3O5S2. The highest BCUT2D eigenvalue weighted by Gasteiger charge is 2.24. The van der Waals surface area contributed by atoms with Gasteiger partial charge in [0.2, 0.25) is 0 Å². The molecule has 0 fully saturated rings. The maximum absolute atomic E-state index is 13.2. The number of nitro groups is 1. The number of amides is 1. The van der Waals surface area contributed by atoms with Crippen molar-refractivity contribution >= 4 is 44.8 Å². The number of nitrogens with zero attached hydrogens (tertiary/aromatic N) is 1. The minimum atomic E-state index is -4.45. The third-order valence-corrected chi connectivity index (χ3v) is 8.57. The number of anilines is 2. The topological polar surface area (TPSA) is 118 Å². The van der Waals surface area contributed by atoms with Crippen molar-refractivity contribution in [3.63, 3.8) is 0 Å². The summed E-state index contributed by atoms with van der Waals surface area (Å²) >= 11 is 1.47. The Kier molecular flexibility index (Phi) is 8.32. The molecule has 5 aromatic rings. The van der Waals surface area contributed by atoms with Gasteiger partial charge in [0.1, 0.15) is 11.5 Å². The summed E-state index contributed by atoms with van der Waals surface area (Å²) in [4.78, 5) is 25.3. The van der Waals surface area contributed by atoms with Crippen molar-refractivity contribution in [3.8, 4) is 11.1 Å². The van der Waals surface area contributed by atoms with Crippen molar-refractivity contribution in [2.45, 2.75) is 14.7 Å². The van der Waals surface area contributed by atoms with Gasteiger partial charge in [-0.2, -0.15) is 0 Å². The maximum atomic E-state index is 13.2. The van der Waals surface area contributed by atoms with E-state index in [0.29, 0.717) is 11.3 Å². The Balaban J connectivity index is 1.35. The molecule has 0 bridgehead atoms. The summed E-state index contributed by atoms with van der Waals surface area (Å²) in [6.45, 7) is 0. The second-order valence-electron chi connectivity index (χ2n) is 8.99. The van der Waals surface area contributed by atoms with Crippen LogP contribution < -0.4 is 10.0 Å². The van der Waals surface area contributed by atoms with Gasteiger partial charge in [-0.25, -0.2) is 17.5 Å². The van der Waals surface area contributed by atoms with Crippen LogP contribution >= 0.6 is 11.8 Å². The number of rotatable bonds is 9. The highest BCUT2D eigenvalue weighted by atomic mass is 32.2. The summed E-state index contributed by atoms with van der Waals surface area (Å²) in [5.41, 5.74) is 1.69. The van der Waals surface area contributed by atoms with Crippen LogP contribution in [0.1, 0.15) is 10.4 Å². The molecule has 0 aliphatic heterocycles. The van der Waals surface area contributed by atoms with Crippen LogP contribution in [0.2, 0.25) is 0 Å². The van der Waals surface area contributed by atoms with Gasteiger partial charge in [0.05, 0.1) is 15.5 Å². The van der Waals surface area contributed by atoms with E-state index in [4.69, 9.17) is 0 Å². The summed E-state index contributed by atoms with van der Waals surface area (Å²) in [6.07, 6.45) is 0. The molecule has 2 N–H and O–H groups in total. The van der Waals surface area contributed by atoms with Gasteiger partial charge in [-0.15, -0.1) is 0 Å². The molecule has 0 aliphatic rings. The molecule has 0 radical (unpaired) electrons. The van der Waals surface area contributed by atoms with E-state index in [1.165, 1.54) is 48.2 Å². The molecule has 5 rings (SSSR count). The highest BCUT2D eigenvalue weighted by molar-refractivity contribution is 7.99. The summed E-state index contributed by atoms with van der Waals surface area (Å²) < 4.78 is 41.2. The molecule has 0 saturated heterocycles. The van der Waals surface area contributed by atoms with Crippen LogP contribution in [0.15, 0.2) is 136 Å². The first-order chi connectivity index (χ1) is 20.2. The minimum Gasteiger partial charge on any atom is -0.349 e. The van der Waals surface area contributed by atoms with Crippen molar-refractivity contribution in [2.75, 3.05) is 5.32 Å². The van der Waals surface area contributed by atoms with E-state index in [1.807, 2.05) is 47.2 Å². The van der Waals surface area contributed by atoms with E-state index < -0.39 is 31.4 Å². The van der Waals surface area contributed by atoms with Crippen molar-refractivity contribution in [3.05, 3.63) is 143 Å². The van der Waals surface area contributed by atoms with Gasteiger partial charge in [0, 0.05) is 21.4 Å². The Bertz CT molecular complexity index is 1870. The number of para-hydroxylation sites is 1. The summed E-state index contributed by atoms with van der Waals surface area (Å²) in [6, 6.07) is 32.1. The monoisotopic (exact) mass is 599 g/mol. The number of carbonyl (C=O) groups is 1. The van der Waals surface area contributed by atoms with Crippen molar-refractivity contribution in [2.24, 2.45) is 0 Å². The molecule has 0 unspecified atom stereocenters. The summed E-state index contributed by atoms with van der Waals surface area (Å²) in [5, 5.41) is 15.0. The number of benzene rings is 5. The Morgan fingerprint density at radius 1 is 0.762 bits per heavy atom. The van der Waals surface area contributed by atoms with Crippen LogP contribution in [0.25, 0.3) is 11.1 Å². The van der Waals surface area contributed by atoms with Gasteiger partial charge in [0.25, 0.3) is 21.6 Å². The third-order valence-electron chi connectivity index (χ3n) is 6.16. The van der Waals surface area contributed by atoms with E-state index >= 15 is 0 Å². The number of carbonyl (C=O) groups excluding carboxylic acids is 1. The van der Waals surface area contributed by atoms with Gasteiger partial charge >= 0.3 is 0 Å². The molecule has 0 aliphatic carbocycles. The standard InChI is InChI=1S/C31H22FN3O5S2/c32-24-16-14-22(15-17-24)21-10-12-23(13-11-21)31(36)34-42(39,40)26-18-19-27(29(20-26)35(37)38)33-28-8-4-5-9-30(28)41-25-6-2-1-3-7-25/h1-20,33H,(H,34,36). The zero-order chi connectivity index (χ0) is 29.7. The number of nitrogens with one attached hydrogen (secondary N) is 2.